The lowest BCUT2D eigenvalue weighted by molar-refractivity contribution is -0.142. The second-order valence-corrected chi connectivity index (χ2v) is 20.1. The first-order valence-electron chi connectivity index (χ1n) is 30.4. The molecule has 494 valence electrons. The molecule has 0 aliphatic heterocycles. The highest BCUT2D eigenvalue weighted by Crippen LogP contribution is 2.08. The van der Waals surface area contributed by atoms with Crippen LogP contribution in [0.15, 0.2) is 128 Å². The Kier molecular flexibility index (Phi) is 106. The van der Waals surface area contributed by atoms with Crippen molar-refractivity contribution in [3.63, 3.8) is 0 Å². The van der Waals surface area contributed by atoms with Crippen molar-refractivity contribution in [3.8, 4) is 0 Å². The van der Waals surface area contributed by atoms with Gasteiger partial charge < -0.3 is 29.2 Å². The Hall–Kier alpha value is -5.58. The molecule has 84 heavy (non-hydrogen) atoms. The summed E-state index contributed by atoms with van der Waals surface area (Å²) < 4.78 is 18.5. The first kappa shape index (κ1) is 107. The van der Waals surface area contributed by atoms with E-state index in [0.717, 1.165) is 36.8 Å². The van der Waals surface area contributed by atoms with Gasteiger partial charge >= 0.3 is 23.9 Å². The van der Waals surface area contributed by atoms with Crippen LogP contribution < -0.4 is 0 Å². The monoisotopic (exact) mass is 1190 g/mol. The van der Waals surface area contributed by atoms with Gasteiger partial charge in [0.1, 0.15) is 13.2 Å². The fourth-order valence-electron chi connectivity index (χ4n) is 3.33. The number of esters is 4. The molecule has 2 atom stereocenters. The fourth-order valence-corrected chi connectivity index (χ4v) is 3.33. The van der Waals surface area contributed by atoms with Crippen molar-refractivity contribution in [1.29, 1.82) is 0 Å². The van der Waals surface area contributed by atoms with Gasteiger partial charge in [-0.2, -0.15) is 0 Å². The molecule has 3 aromatic carbocycles. The van der Waals surface area contributed by atoms with E-state index in [9.17, 15) is 19.2 Å². The molecule has 0 heterocycles. The Bertz CT molecular complexity index is 1790. The Morgan fingerprint density at radius 1 is 0.476 bits per heavy atom. The third-order valence-electron chi connectivity index (χ3n) is 7.83. The summed E-state index contributed by atoms with van der Waals surface area (Å²) in [5.41, 5.74) is 7.97. The maximum absolute atomic E-state index is 10.7. The maximum atomic E-state index is 10.7. The van der Waals surface area contributed by atoms with Crippen LogP contribution in [-0.2, 0) is 38.1 Å². The molecule has 3 rings (SSSR count). The number of carbonyl (C=O) groups is 4. The molecule has 2 N–H and O–H groups in total. The van der Waals surface area contributed by atoms with Crippen molar-refractivity contribution in [3.05, 3.63) is 156 Å². The molecule has 10 nitrogen and oxygen atoms in total. The molecular formula is C74H138O10. The van der Waals surface area contributed by atoms with Crippen LogP contribution in [0.2, 0.25) is 0 Å². The first-order valence-corrected chi connectivity index (χ1v) is 30.4. The summed E-state index contributed by atoms with van der Waals surface area (Å²) in [6, 6.07) is 27.2. The third kappa shape index (κ3) is 127. The first-order chi connectivity index (χ1) is 38.7. The molecule has 2 unspecified atom stereocenters. The fraction of sp³-hybridized carbons (Fsp3) is 0.595. The van der Waals surface area contributed by atoms with Crippen LogP contribution >= 0.6 is 0 Å². The molecule has 0 aliphatic rings. The van der Waals surface area contributed by atoms with E-state index < -0.39 is 24.1 Å². The zero-order chi connectivity index (χ0) is 68.0. The average molecular weight is 1190 g/mol. The summed E-state index contributed by atoms with van der Waals surface area (Å²) in [4.78, 5) is 41.9. The standard InChI is InChI=1S/C8H14O3.2C8H10.C7H12O3.C7H12O2.C7H8.C6H10O2.2C5H12.C4H10.4C2H6.CH4/c1-4-7(9)5-11-8(10)6(2)3;1-7-3-5-8(2)6-4-7;1-7-4-3-5-8(2)6-7;1-3-6(8)5-10-7(9)4-2;1-4-5-9-7(8)6(2)3;1-7-5-3-2-4-6-7;1-3-5-8-6(7)4-2;1-5(2,3)4;1-4-5(2)3;1-4(2)3;4*1-2;/h7,9H,2,4-5H2,1,3H3;2*3-6H,1-2H3;4,6,8H,2-3,5H2,1H3;2,4-5H2,1,3H3;2-6H,1H3;4H,2-3,5H2,1H3;1-4H3;5H,4H2,1-3H3;4H,1-3H3;4*1-2H3;1H4. The van der Waals surface area contributed by atoms with Crippen LogP contribution in [0.3, 0.4) is 0 Å². The van der Waals surface area contributed by atoms with E-state index in [-0.39, 0.29) is 32.6 Å². The third-order valence-corrected chi connectivity index (χ3v) is 7.83. The van der Waals surface area contributed by atoms with Gasteiger partial charge in [-0.25, -0.2) is 19.2 Å². The summed E-state index contributed by atoms with van der Waals surface area (Å²) in [6.07, 6.45) is 5.33. The van der Waals surface area contributed by atoms with E-state index in [1.807, 2.05) is 101 Å². The Morgan fingerprint density at radius 3 is 0.964 bits per heavy atom. The minimum absolute atomic E-state index is 0. The second-order valence-electron chi connectivity index (χ2n) is 20.1. The molecule has 0 aromatic heterocycles. The van der Waals surface area contributed by atoms with Crippen LogP contribution in [0.1, 0.15) is 234 Å². The number of benzene rings is 3. The Labute approximate surface area is 522 Å². The van der Waals surface area contributed by atoms with Crippen molar-refractivity contribution >= 4 is 23.9 Å². The zero-order valence-corrected chi connectivity index (χ0v) is 59.3. The Morgan fingerprint density at radius 2 is 0.738 bits per heavy atom. The van der Waals surface area contributed by atoms with E-state index in [2.05, 4.69) is 205 Å². The minimum Gasteiger partial charge on any atom is -0.463 e. The number of aliphatic hydroxyl groups is 2. The lowest BCUT2D eigenvalue weighted by Crippen LogP contribution is -2.17. The molecule has 0 amide bonds. The van der Waals surface area contributed by atoms with Gasteiger partial charge in [0.05, 0.1) is 25.4 Å². The van der Waals surface area contributed by atoms with Crippen molar-refractivity contribution < 1.29 is 48.3 Å². The highest BCUT2D eigenvalue weighted by Gasteiger charge is 2.06. The summed E-state index contributed by atoms with van der Waals surface area (Å²) in [6.45, 7) is 73.5. The number of rotatable bonds is 15. The molecule has 0 saturated heterocycles. The number of hydrogen-bond donors (Lipinski definition) is 2. The van der Waals surface area contributed by atoms with E-state index in [4.69, 9.17) is 14.9 Å². The number of carbonyl (C=O) groups excluding carboxylic acids is 4. The van der Waals surface area contributed by atoms with Crippen molar-refractivity contribution in [2.45, 2.75) is 253 Å². The molecule has 10 heteroatoms. The predicted molar refractivity (Wildman–Crippen MR) is 373 cm³/mol. The molecule has 0 aliphatic carbocycles. The summed E-state index contributed by atoms with van der Waals surface area (Å²) in [5.74, 6) is 0.142. The lowest BCUT2D eigenvalue weighted by Gasteiger charge is -2.07. The van der Waals surface area contributed by atoms with Gasteiger partial charge in [0.15, 0.2) is 0 Å². The number of hydrogen-bond acceptors (Lipinski definition) is 10. The molecule has 3 aromatic rings. The van der Waals surface area contributed by atoms with Gasteiger partial charge in [-0.1, -0.05) is 299 Å². The molecule has 0 saturated carbocycles. The highest BCUT2D eigenvalue weighted by atomic mass is 16.5. The van der Waals surface area contributed by atoms with Gasteiger partial charge in [-0.05, 0) is 91.4 Å². The normalized spacial score (nSPS) is 9.25. The minimum atomic E-state index is -0.557. The van der Waals surface area contributed by atoms with Gasteiger partial charge in [-0.15, -0.1) is 0 Å². The average Bonchev–Trinajstić information content (AvgIpc) is 3.45. The predicted octanol–water partition coefficient (Wildman–Crippen LogP) is 21.1. The summed E-state index contributed by atoms with van der Waals surface area (Å²) in [7, 11) is 0. The number of ether oxygens (including phenoxy) is 4. The smallest absolute Gasteiger partial charge is 0.333 e. The van der Waals surface area contributed by atoms with E-state index >= 15 is 0 Å². The molecule has 0 radical (unpaired) electrons. The van der Waals surface area contributed by atoms with Crippen molar-refractivity contribution in [2.75, 3.05) is 26.4 Å². The quantitative estimate of drug-likeness (QED) is 0.0857. The molecular weight excluding hydrogens is 1050 g/mol. The number of aryl methyl sites for hydroxylation is 5. The maximum Gasteiger partial charge on any atom is 0.333 e. The van der Waals surface area contributed by atoms with E-state index in [0.29, 0.717) is 42.6 Å². The van der Waals surface area contributed by atoms with Crippen LogP contribution in [0.4, 0.5) is 0 Å². The van der Waals surface area contributed by atoms with E-state index in [1.165, 1.54) is 34.2 Å². The van der Waals surface area contributed by atoms with Crippen molar-refractivity contribution in [1.82, 2.24) is 0 Å². The van der Waals surface area contributed by atoms with Crippen molar-refractivity contribution in [2.24, 2.45) is 17.3 Å². The van der Waals surface area contributed by atoms with Crippen LogP contribution in [-0.4, -0.2) is 72.7 Å². The molecule has 0 spiro atoms. The molecule has 0 bridgehead atoms. The SMILES string of the molecule is C.C=C(C)C(=O)OCC(O)CC.C=C(C)C(=O)OCCC.C=CC(=O)OCC(O)CC.C=CC(=O)OCCC.CC.CC.CC.CC.CC(C)(C)C.CC(C)C.CCC(C)C.Cc1ccc(C)cc1.Cc1cccc(C)c1.Cc1ccccc1. The van der Waals surface area contributed by atoms with Gasteiger partial charge in [-0.3, -0.25) is 0 Å². The summed E-state index contributed by atoms with van der Waals surface area (Å²) >= 11 is 0. The van der Waals surface area contributed by atoms with Gasteiger partial charge in [0, 0.05) is 23.3 Å². The van der Waals surface area contributed by atoms with Crippen LogP contribution in [0.25, 0.3) is 0 Å². The topological polar surface area (TPSA) is 146 Å². The number of aliphatic hydroxyl groups excluding tert-OH is 2. The largest absolute Gasteiger partial charge is 0.463 e. The summed E-state index contributed by atoms with van der Waals surface area (Å²) in [5, 5.41) is 17.9. The van der Waals surface area contributed by atoms with Gasteiger partial charge in [0.25, 0.3) is 0 Å². The highest BCUT2D eigenvalue weighted by molar-refractivity contribution is 5.87. The lowest BCUT2D eigenvalue weighted by atomic mass is 10.0. The molecule has 0 fully saturated rings. The zero-order valence-electron chi connectivity index (χ0n) is 59.3. The van der Waals surface area contributed by atoms with Gasteiger partial charge in [0.2, 0.25) is 0 Å². The van der Waals surface area contributed by atoms with Crippen LogP contribution in [0.5, 0.6) is 0 Å². The second kappa shape index (κ2) is 83.9. The Balaban J connectivity index is -0.0000000681. The van der Waals surface area contributed by atoms with Crippen LogP contribution in [0, 0.1) is 51.9 Å². The van der Waals surface area contributed by atoms with E-state index in [1.54, 1.807) is 13.8 Å².